The van der Waals surface area contributed by atoms with Gasteiger partial charge in [0.15, 0.2) is 5.76 Å². The largest absolute Gasteiger partial charge is 0.392 e. The van der Waals surface area contributed by atoms with Crippen LogP contribution in [0.2, 0.25) is 0 Å². The molecule has 0 spiro atoms. The van der Waals surface area contributed by atoms with Crippen molar-refractivity contribution in [1.82, 2.24) is 9.46 Å². The Morgan fingerprint density at radius 2 is 2.13 bits per heavy atom. The number of aliphatic hydroxyl groups excluding tert-OH is 1. The predicted octanol–water partition coefficient (Wildman–Crippen LogP) is 1.93. The Hall–Kier alpha value is -1.77. The third kappa shape index (κ3) is 2.77. The summed E-state index contributed by atoms with van der Waals surface area (Å²) in [6.07, 6.45) is -0.593. The van der Waals surface area contributed by atoms with Gasteiger partial charge in [-0.15, -0.1) is 0 Å². The first kappa shape index (κ1) is 16.1. The van der Waals surface area contributed by atoms with E-state index in [1.54, 1.807) is 13.0 Å². The highest BCUT2D eigenvalue weighted by Gasteiger charge is 2.42. The van der Waals surface area contributed by atoms with Crippen LogP contribution in [0.25, 0.3) is 0 Å². The number of rotatable bonds is 3. The summed E-state index contributed by atoms with van der Waals surface area (Å²) in [4.78, 5) is 0.00741. The molecule has 0 saturated carbocycles. The molecular weight excluding hydrogens is 323 g/mol. The number of nitrogens with zero attached hydrogens (tertiary/aromatic N) is 2. The van der Waals surface area contributed by atoms with Crippen molar-refractivity contribution in [3.05, 3.63) is 47.1 Å². The van der Waals surface area contributed by atoms with Gasteiger partial charge in [0.05, 0.1) is 12.1 Å². The van der Waals surface area contributed by atoms with Crippen LogP contribution in [0.1, 0.15) is 29.5 Å². The molecule has 2 aromatic rings. The molecule has 1 aromatic heterocycles. The number of β-amino-alcohol motifs (C(OH)–C–C–N with tert-alkyl or cyclic N) is 1. The quantitative estimate of drug-likeness (QED) is 0.923. The first-order valence-corrected chi connectivity index (χ1v) is 8.63. The molecule has 2 unspecified atom stereocenters. The van der Waals surface area contributed by atoms with Gasteiger partial charge in [-0.05, 0) is 38.0 Å². The molecule has 8 heteroatoms. The van der Waals surface area contributed by atoms with Crippen molar-refractivity contribution < 1.29 is 22.4 Å². The van der Waals surface area contributed by atoms with Crippen molar-refractivity contribution in [2.75, 3.05) is 6.54 Å². The zero-order valence-corrected chi connectivity index (χ0v) is 13.5. The van der Waals surface area contributed by atoms with Crippen LogP contribution in [0.4, 0.5) is 4.39 Å². The van der Waals surface area contributed by atoms with Gasteiger partial charge in [-0.3, -0.25) is 0 Å². The maximum atomic E-state index is 13.5. The molecule has 1 N–H and O–H groups in total. The monoisotopic (exact) mass is 340 g/mol. The normalized spacial score (nSPS) is 22.6. The number of hydrogen-bond acceptors (Lipinski definition) is 5. The van der Waals surface area contributed by atoms with Crippen LogP contribution >= 0.6 is 0 Å². The Morgan fingerprint density at radius 1 is 1.39 bits per heavy atom. The molecule has 124 valence electrons. The molecule has 1 aromatic carbocycles. The molecule has 1 aliphatic heterocycles. The molecule has 6 nitrogen and oxygen atoms in total. The van der Waals surface area contributed by atoms with Gasteiger partial charge in [-0.1, -0.05) is 17.3 Å². The molecule has 2 heterocycles. The maximum Gasteiger partial charge on any atom is 0.249 e. The molecule has 23 heavy (non-hydrogen) atoms. The highest BCUT2D eigenvalue weighted by Crippen LogP contribution is 2.38. The molecule has 0 aliphatic carbocycles. The first-order chi connectivity index (χ1) is 10.8. The van der Waals surface area contributed by atoms with E-state index in [1.807, 2.05) is 0 Å². The fourth-order valence-corrected chi connectivity index (χ4v) is 4.98. The van der Waals surface area contributed by atoms with Gasteiger partial charge in [0, 0.05) is 6.54 Å². The van der Waals surface area contributed by atoms with Gasteiger partial charge >= 0.3 is 0 Å². The molecule has 0 amide bonds. The number of halogens is 1. The number of aromatic nitrogens is 1. The first-order valence-electron chi connectivity index (χ1n) is 7.19. The van der Waals surface area contributed by atoms with Crippen LogP contribution in [-0.2, 0) is 10.0 Å². The van der Waals surface area contributed by atoms with Gasteiger partial charge in [-0.2, -0.15) is 4.31 Å². The van der Waals surface area contributed by atoms with Crippen molar-refractivity contribution in [2.45, 2.75) is 37.3 Å². The van der Waals surface area contributed by atoms with E-state index in [1.165, 1.54) is 29.4 Å². The number of aryl methyl sites for hydroxylation is 2. The minimum atomic E-state index is -3.91. The summed E-state index contributed by atoms with van der Waals surface area (Å²) in [7, 11) is -3.91. The van der Waals surface area contributed by atoms with E-state index in [9.17, 15) is 17.9 Å². The Balaban J connectivity index is 2.06. The molecule has 0 radical (unpaired) electrons. The Morgan fingerprint density at radius 3 is 2.74 bits per heavy atom. The summed E-state index contributed by atoms with van der Waals surface area (Å²) >= 11 is 0. The van der Waals surface area contributed by atoms with Gasteiger partial charge in [0.2, 0.25) is 10.0 Å². The van der Waals surface area contributed by atoms with E-state index in [0.717, 1.165) is 0 Å². The summed E-state index contributed by atoms with van der Waals surface area (Å²) in [5.41, 5.74) is 0.777. The molecule has 3 rings (SSSR count). The van der Waals surface area contributed by atoms with E-state index in [-0.39, 0.29) is 29.3 Å². The van der Waals surface area contributed by atoms with Gasteiger partial charge < -0.3 is 9.63 Å². The molecule has 1 aliphatic rings. The van der Waals surface area contributed by atoms with E-state index in [4.69, 9.17) is 4.52 Å². The lowest BCUT2D eigenvalue weighted by Gasteiger charge is -2.24. The Bertz CT molecular complexity index is 814. The fourth-order valence-electron chi connectivity index (χ4n) is 3.03. The van der Waals surface area contributed by atoms with Gasteiger partial charge in [-0.25, -0.2) is 12.8 Å². The third-order valence-electron chi connectivity index (χ3n) is 4.00. The van der Waals surface area contributed by atoms with Crippen molar-refractivity contribution >= 4 is 10.0 Å². The third-order valence-corrected chi connectivity index (χ3v) is 6.12. The molecule has 2 atom stereocenters. The number of sulfonamides is 1. The zero-order chi connectivity index (χ0) is 16.8. The van der Waals surface area contributed by atoms with Crippen molar-refractivity contribution in [3.8, 4) is 0 Å². The van der Waals surface area contributed by atoms with Crippen LogP contribution in [-0.4, -0.2) is 35.6 Å². The average Bonchev–Trinajstić information content (AvgIpc) is 3.03. The summed E-state index contributed by atoms with van der Waals surface area (Å²) in [6, 6.07) is 5.14. The molecular formula is C15H17FN2O4S. The second-order valence-corrected chi connectivity index (χ2v) is 7.52. The minimum Gasteiger partial charge on any atom is -0.392 e. The second kappa shape index (κ2) is 5.70. The van der Waals surface area contributed by atoms with E-state index < -0.39 is 28.0 Å². The lowest BCUT2D eigenvalue weighted by Crippen LogP contribution is -2.32. The average molecular weight is 340 g/mol. The highest BCUT2D eigenvalue weighted by molar-refractivity contribution is 7.89. The number of aliphatic hydroxyl groups is 1. The molecule has 1 fully saturated rings. The van der Waals surface area contributed by atoms with Crippen molar-refractivity contribution in [1.29, 1.82) is 0 Å². The van der Waals surface area contributed by atoms with Gasteiger partial charge in [0.1, 0.15) is 16.4 Å². The van der Waals surface area contributed by atoms with E-state index in [2.05, 4.69) is 5.16 Å². The van der Waals surface area contributed by atoms with Crippen LogP contribution < -0.4 is 0 Å². The number of hydrogen-bond donors (Lipinski definition) is 1. The fraction of sp³-hybridized carbons (Fsp3) is 0.400. The van der Waals surface area contributed by atoms with Crippen LogP contribution in [0.3, 0.4) is 0 Å². The van der Waals surface area contributed by atoms with Gasteiger partial charge in [0.25, 0.3) is 0 Å². The zero-order valence-electron chi connectivity index (χ0n) is 12.7. The summed E-state index contributed by atoms with van der Waals surface area (Å²) < 4.78 is 45.6. The Labute approximate surface area is 133 Å². The topological polar surface area (TPSA) is 83.6 Å². The molecule has 0 bridgehead atoms. The van der Waals surface area contributed by atoms with E-state index in [0.29, 0.717) is 5.56 Å². The smallest absolute Gasteiger partial charge is 0.249 e. The lowest BCUT2D eigenvalue weighted by molar-refractivity contribution is 0.188. The van der Waals surface area contributed by atoms with E-state index >= 15 is 0 Å². The second-order valence-electron chi connectivity index (χ2n) is 5.69. The maximum absolute atomic E-state index is 13.5. The van der Waals surface area contributed by atoms with Crippen LogP contribution in [0.5, 0.6) is 0 Å². The standard InChI is InChI=1S/C15H17FN2O4S/c1-9-15(10(2)22-17-9)23(20,21)18-8-13(19)7-14(18)11-4-3-5-12(16)6-11/h3-6,13-14,19H,7-8H2,1-2H3. The highest BCUT2D eigenvalue weighted by atomic mass is 32.2. The predicted molar refractivity (Wildman–Crippen MR) is 79.6 cm³/mol. The van der Waals surface area contributed by atoms with Crippen LogP contribution in [0.15, 0.2) is 33.7 Å². The van der Waals surface area contributed by atoms with Crippen LogP contribution in [0, 0.1) is 19.7 Å². The summed E-state index contributed by atoms with van der Waals surface area (Å²) in [6.45, 7) is 3.03. The Kier molecular flexibility index (Phi) is 3.99. The SMILES string of the molecule is Cc1noc(C)c1S(=O)(=O)N1CC(O)CC1c1cccc(F)c1. The number of benzene rings is 1. The summed E-state index contributed by atoms with van der Waals surface area (Å²) in [5, 5.41) is 13.6. The van der Waals surface area contributed by atoms with Crippen molar-refractivity contribution in [3.63, 3.8) is 0 Å². The summed E-state index contributed by atoms with van der Waals surface area (Å²) in [5.74, 6) is -0.250. The molecule has 1 saturated heterocycles. The minimum absolute atomic E-state index is 0.00741. The lowest BCUT2D eigenvalue weighted by atomic mass is 10.0. The van der Waals surface area contributed by atoms with Crippen molar-refractivity contribution in [2.24, 2.45) is 0 Å².